The van der Waals surface area contributed by atoms with Crippen LogP contribution in [0.3, 0.4) is 0 Å². The summed E-state index contributed by atoms with van der Waals surface area (Å²) in [5.74, 6) is 2.52. The van der Waals surface area contributed by atoms with Crippen LogP contribution in [0.5, 0.6) is 5.75 Å². The zero-order chi connectivity index (χ0) is 20.1. The molecule has 2 aliphatic heterocycles. The molecule has 2 aromatic rings. The SMILES string of the molecule is Cc1ccccc1OCC(=O)N1CCN(c2ccc(N3CCOCC3)nn2)CC1. The normalized spacial score (nSPS) is 17.3. The molecule has 4 rings (SSSR count). The van der Waals surface area contributed by atoms with Gasteiger partial charge in [-0.25, -0.2) is 0 Å². The first-order valence-corrected chi connectivity index (χ1v) is 10.1. The molecule has 0 unspecified atom stereocenters. The second-order valence-corrected chi connectivity index (χ2v) is 7.27. The number of aromatic nitrogens is 2. The monoisotopic (exact) mass is 397 g/mol. The molecular weight excluding hydrogens is 370 g/mol. The molecule has 1 amide bonds. The molecule has 1 aromatic carbocycles. The number of hydrogen-bond donors (Lipinski definition) is 0. The summed E-state index contributed by atoms with van der Waals surface area (Å²) < 4.78 is 11.1. The van der Waals surface area contributed by atoms with Gasteiger partial charge < -0.3 is 24.2 Å². The minimum absolute atomic E-state index is 0.0154. The summed E-state index contributed by atoms with van der Waals surface area (Å²) in [6, 6.07) is 11.8. The van der Waals surface area contributed by atoms with Gasteiger partial charge in [0.25, 0.3) is 5.91 Å². The predicted octanol–water partition coefficient (Wildman–Crippen LogP) is 1.35. The minimum atomic E-state index is 0.0154. The van der Waals surface area contributed by atoms with Crippen molar-refractivity contribution < 1.29 is 14.3 Å². The molecule has 2 aliphatic rings. The van der Waals surface area contributed by atoms with E-state index in [0.717, 1.165) is 62.3 Å². The number of aryl methyl sites for hydroxylation is 1. The lowest BCUT2D eigenvalue weighted by molar-refractivity contribution is -0.133. The van der Waals surface area contributed by atoms with Gasteiger partial charge in [-0.05, 0) is 30.7 Å². The summed E-state index contributed by atoms with van der Waals surface area (Å²) in [4.78, 5) is 18.7. The summed E-state index contributed by atoms with van der Waals surface area (Å²) >= 11 is 0. The Hall–Kier alpha value is -2.87. The average molecular weight is 397 g/mol. The maximum atomic E-state index is 12.5. The molecule has 154 valence electrons. The molecule has 2 fully saturated rings. The van der Waals surface area contributed by atoms with Gasteiger partial charge in [0.2, 0.25) is 0 Å². The largest absolute Gasteiger partial charge is 0.484 e. The van der Waals surface area contributed by atoms with E-state index in [2.05, 4.69) is 20.0 Å². The van der Waals surface area contributed by atoms with Crippen LogP contribution in [0.4, 0.5) is 11.6 Å². The van der Waals surface area contributed by atoms with Gasteiger partial charge in [0.05, 0.1) is 13.2 Å². The van der Waals surface area contributed by atoms with Crippen molar-refractivity contribution in [1.29, 1.82) is 0 Å². The number of benzene rings is 1. The van der Waals surface area contributed by atoms with Crippen molar-refractivity contribution in [1.82, 2.24) is 15.1 Å². The fourth-order valence-corrected chi connectivity index (χ4v) is 3.58. The van der Waals surface area contributed by atoms with Crippen molar-refractivity contribution in [2.75, 3.05) is 68.9 Å². The van der Waals surface area contributed by atoms with E-state index in [9.17, 15) is 4.79 Å². The first-order valence-electron chi connectivity index (χ1n) is 10.1. The van der Waals surface area contributed by atoms with Crippen LogP contribution in [-0.4, -0.2) is 80.1 Å². The van der Waals surface area contributed by atoms with E-state index < -0.39 is 0 Å². The number of hydrogen-bond acceptors (Lipinski definition) is 7. The summed E-state index contributed by atoms with van der Waals surface area (Å²) in [6.45, 7) is 7.98. The molecule has 0 saturated carbocycles. The lowest BCUT2D eigenvalue weighted by atomic mass is 10.2. The Morgan fingerprint density at radius 1 is 0.931 bits per heavy atom. The van der Waals surface area contributed by atoms with E-state index in [1.54, 1.807) is 0 Å². The van der Waals surface area contributed by atoms with Crippen molar-refractivity contribution in [3.8, 4) is 5.75 Å². The molecule has 0 N–H and O–H groups in total. The fourth-order valence-electron chi connectivity index (χ4n) is 3.58. The second kappa shape index (κ2) is 9.09. The standard InChI is InChI=1S/C21H27N5O3/c1-17-4-2-3-5-18(17)29-16-21(27)26-10-8-24(9-11-26)19-6-7-20(23-22-19)25-12-14-28-15-13-25/h2-7H,8-16H2,1H3. The highest BCUT2D eigenvalue weighted by atomic mass is 16.5. The summed E-state index contributed by atoms with van der Waals surface area (Å²) in [6.07, 6.45) is 0. The summed E-state index contributed by atoms with van der Waals surface area (Å²) in [7, 11) is 0. The van der Waals surface area contributed by atoms with E-state index in [1.165, 1.54) is 0 Å². The van der Waals surface area contributed by atoms with E-state index in [-0.39, 0.29) is 12.5 Å². The third-order valence-electron chi connectivity index (χ3n) is 5.37. The average Bonchev–Trinajstić information content (AvgIpc) is 2.79. The molecule has 8 nitrogen and oxygen atoms in total. The fraction of sp³-hybridized carbons (Fsp3) is 0.476. The van der Waals surface area contributed by atoms with Crippen molar-refractivity contribution in [3.63, 3.8) is 0 Å². The zero-order valence-corrected chi connectivity index (χ0v) is 16.8. The topological polar surface area (TPSA) is 71.0 Å². The zero-order valence-electron chi connectivity index (χ0n) is 16.8. The maximum Gasteiger partial charge on any atom is 0.260 e. The molecule has 0 radical (unpaired) electrons. The lowest BCUT2D eigenvalue weighted by Gasteiger charge is -2.35. The molecule has 1 aromatic heterocycles. The highest BCUT2D eigenvalue weighted by Gasteiger charge is 2.23. The number of rotatable bonds is 5. The number of carbonyl (C=O) groups is 1. The van der Waals surface area contributed by atoms with Crippen LogP contribution in [0, 0.1) is 6.92 Å². The van der Waals surface area contributed by atoms with Crippen molar-refractivity contribution in [2.24, 2.45) is 0 Å². The Balaban J connectivity index is 1.26. The number of morpholine rings is 1. The van der Waals surface area contributed by atoms with Gasteiger partial charge in [0, 0.05) is 39.3 Å². The van der Waals surface area contributed by atoms with Crippen LogP contribution in [0.1, 0.15) is 5.56 Å². The van der Waals surface area contributed by atoms with Gasteiger partial charge in [-0.3, -0.25) is 4.79 Å². The number of para-hydroxylation sites is 1. The second-order valence-electron chi connectivity index (χ2n) is 7.27. The summed E-state index contributed by atoms with van der Waals surface area (Å²) in [5, 5.41) is 8.78. The Kier molecular flexibility index (Phi) is 6.09. The highest BCUT2D eigenvalue weighted by Crippen LogP contribution is 2.18. The van der Waals surface area contributed by atoms with Gasteiger partial charge in [-0.1, -0.05) is 18.2 Å². The quantitative estimate of drug-likeness (QED) is 0.754. The van der Waals surface area contributed by atoms with Crippen LogP contribution in [0.2, 0.25) is 0 Å². The molecule has 3 heterocycles. The number of carbonyl (C=O) groups excluding carboxylic acids is 1. The molecule has 0 bridgehead atoms. The van der Waals surface area contributed by atoms with Gasteiger partial charge >= 0.3 is 0 Å². The van der Waals surface area contributed by atoms with E-state index in [1.807, 2.05) is 48.2 Å². The smallest absolute Gasteiger partial charge is 0.260 e. The predicted molar refractivity (Wildman–Crippen MR) is 111 cm³/mol. The third kappa shape index (κ3) is 4.76. The number of amides is 1. The van der Waals surface area contributed by atoms with E-state index >= 15 is 0 Å². The van der Waals surface area contributed by atoms with Gasteiger partial charge in [0.1, 0.15) is 5.75 Å². The van der Waals surface area contributed by atoms with Crippen LogP contribution in [-0.2, 0) is 9.53 Å². The van der Waals surface area contributed by atoms with E-state index in [0.29, 0.717) is 13.1 Å². The Labute approximate surface area is 171 Å². The first-order chi connectivity index (χ1) is 14.2. The highest BCUT2D eigenvalue weighted by molar-refractivity contribution is 5.78. The molecular formula is C21H27N5O3. The Morgan fingerprint density at radius 3 is 2.17 bits per heavy atom. The van der Waals surface area contributed by atoms with Crippen LogP contribution in [0.15, 0.2) is 36.4 Å². The number of anilines is 2. The van der Waals surface area contributed by atoms with Gasteiger partial charge in [-0.15, -0.1) is 10.2 Å². The van der Waals surface area contributed by atoms with Gasteiger partial charge in [-0.2, -0.15) is 0 Å². The summed E-state index contributed by atoms with van der Waals surface area (Å²) in [5.41, 5.74) is 1.03. The number of piperazine rings is 1. The Morgan fingerprint density at radius 2 is 1.55 bits per heavy atom. The van der Waals surface area contributed by atoms with Crippen LogP contribution in [0.25, 0.3) is 0 Å². The number of nitrogens with zero attached hydrogens (tertiary/aromatic N) is 5. The molecule has 29 heavy (non-hydrogen) atoms. The molecule has 0 atom stereocenters. The molecule has 0 aliphatic carbocycles. The minimum Gasteiger partial charge on any atom is -0.484 e. The Bertz CT molecular complexity index is 815. The third-order valence-corrected chi connectivity index (χ3v) is 5.37. The van der Waals surface area contributed by atoms with E-state index in [4.69, 9.17) is 9.47 Å². The van der Waals surface area contributed by atoms with Crippen molar-refractivity contribution >= 4 is 17.5 Å². The molecule has 2 saturated heterocycles. The molecule has 0 spiro atoms. The van der Waals surface area contributed by atoms with Crippen molar-refractivity contribution in [3.05, 3.63) is 42.0 Å². The maximum absolute atomic E-state index is 12.5. The van der Waals surface area contributed by atoms with Crippen LogP contribution >= 0.6 is 0 Å². The number of ether oxygens (including phenoxy) is 2. The first kappa shape index (κ1) is 19.4. The lowest BCUT2D eigenvalue weighted by Crippen LogP contribution is -2.50. The van der Waals surface area contributed by atoms with Crippen molar-refractivity contribution in [2.45, 2.75) is 6.92 Å². The van der Waals surface area contributed by atoms with Gasteiger partial charge in [0.15, 0.2) is 18.2 Å². The molecule has 8 heteroatoms. The van der Waals surface area contributed by atoms with Crippen LogP contribution < -0.4 is 14.5 Å².